The van der Waals surface area contributed by atoms with Crippen molar-refractivity contribution in [2.45, 2.75) is 25.4 Å². The Labute approximate surface area is 108 Å². The molecule has 1 saturated carbocycles. The number of tetrazole rings is 1. The van der Waals surface area contributed by atoms with Crippen LogP contribution in [0.3, 0.4) is 0 Å². The topological polar surface area (TPSA) is 55.6 Å². The fraction of sp³-hybridized carbons (Fsp3) is 0.364. The zero-order chi connectivity index (χ0) is 12.5. The molecule has 0 atom stereocenters. The molecule has 0 amide bonds. The molecule has 1 aromatic carbocycles. The van der Waals surface area contributed by atoms with E-state index in [1.807, 2.05) is 0 Å². The van der Waals surface area contributed by atoms with Gasteiger partial charge in [-0.15, -0.1) is 5.10 Å². The summed E-state index contributed by atoms with van der Waals surface area (Å²) < 4.78 is 15.2. The van der Waals surface area contributed by atoms with Crippen molar-refractivity contribution in [3.05, 3.63) is 34.9 Å². The molecular weight excluding hydrogens is 257 g/mol. The van der Waals surface area contributed by atoms with Gasteiger partial charge in [0, 0.05) is 11.1 Å². The second-order valence-corrected chi connectivity index (χ2v) is 4.69. The molecule has 0 unspecified atom stereocenters. The fourth-order valence-corrected chi connectivity index (χ4v) is 1.84. The van der Waals surface area contributed by atoms with Crippen molar-refractivity contribution in [3.63, 3.8) is 0 Å². The molecule has 94 valence electrons. The molecule has 1 aliphatic rings. The predicted octanol–water partition coefficient (Wildman–Crippen LogP) is 1.71. The Balaban J connectivity index is 1.88. The van der Waals surface area contributed by atoms with Gasteiger partial charge in [0.1, 0.15) is 11.5 Å². The van der Waals surface area contributed by atoms with Crippen molar-refractivity contribution in [1.29, 1.82) is 0 Å². The minimum atomic E-state index is -0.442. The van der Waals surface area contributed by atoms with Crippen LogP contribution in [0.25, 0.3) is 5.69 Å². The van der Waals surface area contributed by atoms with E-state index in [-0.39, 0.29) is 0 Å². The van der Waals surface area contributed by atoms with Crippen molar-refractivity contribution >= 4 is 11.6 Å². The lowest BCUT2D eigenvalue weighted by molar-refractivity contribution is 0.591. The van der Waals surface area contributed by atoms with Crippen molar-refractivity contribution in [2.75, 3.05) is 0 Å². The monoisotopic (exact) mass is 267 g/mol. The van der Waals surface area contributed by atoms with Crippen LogP contribution in [0, 0.1) is 5.82 Å². The summed E-state index contributed by atoms with van der Waals surface area (Å²) in [7, 11) is 0. The predicted molar refractivity (Wildman–Crippen MR) is 64.0 cm³/mol. The molecule has 3 rings (SSSR count). The number of nitrogens with one attached hydrogen (secondary N) is 1. The summed E-state index contributed by atoms with van der Waals surface area (Å²) in [4.78, 5) is 0. The van der Waals surface area contributed by atoms with E-state index in [1.54, 1.807) is 12.1 Å². The van der Waals surface area contributed by atoms with Gasteiger partial charge in [-0.2, -0.15) is 4.68 Å². The molecule has 0 spiro atoms. The molecule has 18 heavy (non-hydrogen) atoms. The quantitative estimate of drug-likeness (QED) is 0.916. The first-order valence-corrected chi connectivity index (χ1v) is 6.08. The van der Waals surface area contributed by atoms with Gasteiger partial charge in [-0.05, 0) is 41.5 Å². The van der Waals surface area contributed by atoms with E-state index >= 15 is 0 Å². The molecule has 1 fully saturated rings. The maximum atomic E-state index is 13.8. The first-order valence-electron chi connectivity index (χ1n) is 5.70. The molecule has 0 saturated heterocycles. The van der Waals surface area contributed by atoms with Crippen molar-refractivity contribution in [3.8, 4) is 5.69 Å². The summed E-state index contributed by atoms with van der Waals surface area (Å²) in [5.74, 6) is 0.144. The van der Waals surface area contributed by atoms with Gasteiger partial charge in [0.25, 0.3) is 0 Å². The number of hydrogen-bond donors (Lipinski definition) is 1. The standard InChI is InChI=1S/C11H11ClFN5/c12-7-1-4-10(9(13)5-7)18-11(15-16-17-18)6-14-8-2-3-8/h1,4-5,8,14H,2-3,6H2. The third-order valence-corrected chi connectivity index (χ3v) is 3.03. The van der Waals surface area contributed by atoms with Crippen LogP contribution in [-0.4, -0.2) is 26.2 Å². The van der Waals surface area contributed by atoms with Crippen molar-refractivity contribution in [1.82, 2.24) is 25.5 Å². The number of halogens is 2. The van der Waals surface area contributed by atoms with E-state index in [0.717, 1.165) is 0 Å². The van der Waals surface area contributed by atoms with Gasteiger partial charge in [0.15, 0.2) is 5.82 Å². The summed E-state index contributed by atoms with van der Waals surface area (Å²) in [6.07, 6.45) is 2.35. The van der Waals surface area contributed by atoms with Crippen LogP contribution < -0.4 is 5.32 Å². The van der Waals surface area contributed by atoms with Gasteiger partial charge < -0.3 is 5.32 Å². The second-order valence-electron chi connectivity index (χ2n) is 4.26. The molecule has 1 aliphatic carbocycles. The van der Waals surface area contributed by atoms with Gasteiger partial charge in [-0.1, -0.05) is 11.6 Å². The molecule has 1 N–H and O–H groups in total. The third-order valence-electron chi connectivity index (χ3n) is 2.80. The van der Waals surface area contributed by atoms with Crippen LogP contribution in [0.4, 0.5) is 4.39 Å². The van der Waals surface area contributed by atoms with Gasteiger partial charge in [-0.25, -0.2) is 4.39 Å². The lowest BCUT2D eigenvalue weighted by Gasteiger charge is -2.06. The van der Waals surface area contributed by atoms with Crippen LogP contribution in [0.15, 0.2) is 18.2 Å². The van der Waals surface area contributed by atoms with Crippen LogP contribution in [0.1, 0.15) is 18.7 Å². The van der Waals surface area contributed by atoms with E-state index in [4.69, 9.17) is 11.6 Å². The summed E-state index contributed by atoms with van der Waals surface area (Å²) in [5.41, 5.74) is 0.303. The lowest BCUT2D eigenvalue weighted by atomic mass is 10.3. The van der Waals surface area contributed by atoms with E-state index < -0.39 is 5.82 Å². The smallest absolute Gasteiger partial charge is 0.170 e. The molecule has 5 nitrogen and oxygen atoms in total. The number of nitrogens with zero attached hydrogens (tertiary/aromatic N) is 4. The van der Waals surface area contributed by atoms with Crippen LogP contribution in [-0.2, 0) is 6.54 Å². The Morgan fingerprint density at radius 1 is 1.44 bits per heavy atom. The number of aromatic nitrogens is 4. The van der Waals surface area contributed by atoms with E-state index in [1.165, 1.54) is 23.6 Å². The molecule has 0 radical (unpaired) electrons. The molecular formula is C11H11ClFN5. The van der Waals surface area contributed by atoms with E-state index in [9.17, 15) is 4.39 Å². The first kappa shape index (κ1) is 11.6. The highest BCUT2D eigenvalue weighted by Gasteiger charge is 2.21. The molecule has 2 aromatic rings. The summed E-state index contributed by atoms with van der Waals surface area (Å²) in [5, 5.41) is 14.9. The van der Waals surface area contributed by atoms with E-state index in [2.05, 4.69) is 20.8 Å². The first-order chi connectivity index (χ1) is 8.74. The molecule has 0 bridgehead atoms. The van der Waals surface area contributed by atoms with Gasteiger partial charge in [0.2, 0.25) is 0 Å². The summed E-state index contributed by atoms with van der Waals surface area (Å²) in [6, 6.07) is 4.97. The Morgan fingerprint density at radius 2 is 2.28 bits per heavy atom. The zero-order valence-corrected chi connectivity index (χ0v) is 10.2. The van der Waals surface area contributed by atoms with Crippen molar-refractivity contribution < 1.29 is 4.39 Å². The Hall–Kier alpha value is -1.53. The number of rotatable bonds is 4. The maximum absolute atomic E-state index is 13.8. The highest BCUT2D eigenvalue weighted by Crippen LogP contribution is 2.20. The minimum absolute atomic E-state index is 0.303. The Morgan fingerprint density at radius 3 is 3.00 bits per heavy atom. The van der Waals surface area contributed by atoms with Crippen molar-refractivity contribution in [2.24, 2.45) is 0 Å². The normalized spacial score (nSPS) is 15.0. The van der Waals surface area contributed by atoms with Gasteiger partial charge in [0.05, 0.1) is 6.54 Å². The zero-order valence-electron chi connectivity index (χ0n) is 9.48. The highest BCUT2D eigenvalue weighted by atomic mass is 35.5. The molecule has 7 heteroatoms. The van der Waals surface area contributed by atoms with E-state index in [0.29, 0.717) is 29.1 Å². The van der Waals surface area contributed by atoms with Gasteiger partial charge >= 0.3 is 0 Å². The summed E-state index contributed by atoms with van der Waals surface area (Å²) >= 11 is 5.72. The van der Waals surface area contributed by atoms with Gasteiger partial charge in [-0.3, -0.25) is 0 Å². The highest BCUT2D eigenvalue weighted by molar-refractivity contribution is 6.30. The molecule has 1 heterocycles. The summed E-state index contributed by atoms with van der Waals surface area (Å²) in [6.45, 7) is 0.528. The largest absolute Gasteiger partial charge is 0.307 e. The number of hydrogen-bond acceptors (Lipinski definition) is 4. The lowest BCUT2D eigenvalue weighted by Crippen LogP contribution is -2.19. The fourth-order valence-electron chi connectivity index (χ4n) is 1.68. The van der Waals surface area contributed by atoms with Crippen LogP contribution in [0.5, 0.6) is 0 Å². The number of benzene rings is 1. The second kappa shape index (κ2) is 4.62. The maximum Gasteiger partial charge on any atom is 0.170 e. The average Bonchev–Trinajstić information content (AvgIpc) is 3.06. The SMILES string of the molecule is Fc1cc(Cl)ccc1-n1nnnc1CNC1CC1. The van der Waals surface area contributed by atoms with Crippen LogP contribution >= 0.6 is 11.6 Å². The molecule has 0 aliphatic heterocycles. The molecule has 1 aromatic heterocycles. The Bertz CT molecular complexity index is 566. The Kier molecular flexibility index (Phi) is 2.97. The third kappa shape index (κ3) is 2.34. The van der Waals surface area contributed by atoms with Crippen LogP contribution in [0.2, 0.25) is 5.02 Å². The average molecular weight is 268 g/mol. The minimum Gasteiger partial charge on any atom is -0.307 e.